The maximum absolute atomic E-state index is 9.44. The fraction of sp³-hybridized carbons (Fsp3) is 0.333. The number of benzene rings is 1. The summed E-state index contributed by atoms with van der Waals surface area (Å²) in [5.41, 5.74) is 5.77. The number of carbonyl (C=O) groups is 1. The highest BCUT2D eigenvalue weighted by atomic mass is 35.5. The van der Waals surface area contributed by atoms with Crippen molar-refractivity contribution in [2.75, 3.05) is 23.1 Å². The normalized spacial score (nSPS) is 11.1. The van der Waals surface area contributed by atoms with E-state index < -0.39 is 0 Å². The number of anilines is 3. The predicted molar refractivity (Wildman–Crippen MR) is 147 cm³/mol. The Morgan fingerprint density at radius 1 is 1.11 bits per heavy atom. The van der Waals surface area contributed by atoms with E-state index in [0.717, 1.165) is 53.2 Å². The topological polar surface area (TPSA) is 131 Å². The lowest BCUT2D eigenvalue weighted by Crippen LogP contribution is -2.14. The molecule has 0 radical (unpaired) electrons. The molecule has 0 amide bonds. The summed E-state index contributed by atoms with van der Waals surface area (Å²) in [6.07, 6.45) is 4.51. The Bertz CT molecular complexity index is 1130. The van der Waals surface area contributed by atoms with Crippen LogP contribution < -0.4 is 10.6 Å². The number of hydrogen-bond acceptors (Lipinski definition) is 7. The molecule has 9 heteroatoms. The van der Waals surface area contributed by atoms with E-state index in [0.29, 0.717) is 23.9 Å². The van der Waals surface area contributed by atoms with Crippen LogP contribution in [0.25, 0.3) is 11.3 Å². The van der Waals surface area contributed by atoms with Crippen LogP contribution in [0.3, 0.4) is 0 Å². The van der Waals surface area contributed by atoms with Gasteiger partial charge in [0.15, 0.2) is 0 Å². The molecular formula is C27H34ClN5O3. The molecule has 0 aliphatic carbocycles. The Morgan fingerprint density at radius 3 is 2.47 bits per heavy atom. The minimum absolute atomic E-state index is 0.134. The van der Waals surface area contributed by atoms with Gasteiger partial charge in [-0.25, -0.2) is 4.98 Å². The molecule has 0 saturated heterocycles. The third kappa shape index (κ3) is 8.62. The molecule has 3 aromatic rings. The summed E-state index contributed by atoms with van der Waals surface area (Å²) in [4.78, 5) is 17.7. The Morgan fingerprint density at radius 2 is 1.81 bits per heavy atom. The molecule has 1 aromatic carbocycles. The molecule has 0 aliphatic rings. The molecule has 2 aromatic heterocycles. The molecule has 0 spiro atoms. The molecule has 2 heterocycles. The van der Waals surface area contributed by atoms with Gasteiger partial charge in [-0.05, 0) is 55.2 Å². The van der Waals surface area contributed by atoms with Crippen LogP contribution in [0.1, 0.15) is 43.6 Å². The lowest BCUT2D eigenvalue weighted by molar-refractivity contribution is -0.122. The van der Waals surface area contributed by atoms with E-state index in [1.807, 2.05) is 36.4 Å². The number of hydrogen-bond donors (Lipinski definition) is 5. The molecule has 0 saturated carbocycles. The maximum atomic E-state index is 9.44. The molecule has 0 aliphatic heterocycles. The lowest BCUT2D eigenvalue weighted by Gasteiger charge is -2.19. The number of pyridine rings is 2. The number of nitrogens with one attached hydrogen (secondary N) is 3. The molecular weight excluding hydrogens is 478 g/mol. The van der Waals surface area contributed by atoms with E-state index >= 15 is 0 Å². The van der Waals surface area contributed by atoms with Crippen LogP contribution in [-0.2, 0) is 17.8 Å². The zero-order chi connectivity index (χ0) is 26.3. The van der Waals surface area contributed by atoms with E-state index in [4.69, 9.17) is 31.9 Å². The highest BCUT2D eigenvalue weighted by Crippen LogP contribution is 2.32. The summed E-state index contributed by atoms with van der Waals surface area (Å²) < 4.78 is 0. The second-order valence-corrected chi connectivity index (χ2v) is 8.60. The van der Waals surface area contributed by atoms with Gasteiger partial charge in [0.1, 0.15) is 5.82 Å². The first-order chi connectivity index (χ1) is 17.5. The van der Waals surface area contributed by atoms with Gasteiger partial charge < -0.3 is 26.3 Å². The molecule has 192 valence electrons. The van der Waals surface area contributed by atoms with Crippen LogP contribution in [0.5, 0.6) is 0 Å². The van der Waals surface area contributed by atoms with Crippen molar-refractivity contribution in [2.24, 2.45) is 5.92 Å². The Kier molecular flexibility index (Phi) is 12.4. The van der Waals surface area contributed by atoms with Crippen LogP contribution >= 0.6 is 11.6 Å². The van der Waals surface area contributed by atoms with Gasteiger partial charge in [-0.2, -0.15) is 0 Å². The fourth-order valence-corrected chi connectivity index (χ4v) is 3.57. The molecule has 3 rings (SSSR count). The minimum Gasteiger partial charge on any atom is -0.483 e. The third-order valence-electron chi connectivity index (χ3n) is 5.35. The number of aliphatic hydroxyl groups excluding tert-OH is 1. The van der Waals surface area contributed by atoms with Crippen LogP contribution in [-0.4, -0.2) is 45.3 Å². The van der Waals surface area contributed by atoms with Gasteiger partial charge in [-0.1, -0.05) is 32.4 Å². The molecule has 5 N–H and O–H groups in total. The predicted octanol–water partition coefficient (Wildman–Crippen LogP) is 5.71. The van der Waals surface area contributed by atoms with Crippen molar-refractivity contribution >= 4 is 41.5 Å². The Balaban J connectivity index is 0.00000145. The summed E-state index contributed by atoms with van der Waals surface area (Å²) in [5, 5.41) is 31.2. The van der Waals surface area contributed by atoms with Gasteiger partial charge >= 0.3 is 0 Å². The number of carboxylic acid groups (broad SMARTS) is 1. The van der Waals surface area contributed by atoms with Crippen molar-refractivity contribution < 1.29 is 15.0 Å². The van der Waals surface area contributed by atoms with Crippen molar-refractivity contribution in [3.05, 3.63) is 65.5 Å². The van der Waals surface area contributed by atoms with Gasteiger partial charge in [0.05, 0.1) is 23.7 Å². The zero-order valence-corrected chi connectivity index (χ0v) is 21.4. The lowest BCUT2D eigenvalue weighted by atomic mass is 10.0. The van der Waals surface area contributed by atoms with Crippen molar-refractivity contribution in [1.82, 2.24) is 9.97 Å². The number of rotatable bonds is 12. The van der Waals surface area contributed by atoms with Crippen molar-refractivity contribution in [3.8, 4) is 11.3 Å². The summed E-state index contributed by atoms with van der Waals surface area (Å²) in [6.45, 7) is 4.56. The first-order valence-corrected chi connectivity index (χ1v) is 12.4. The number of alkyl halides is 1. The van der Waals surface area contributed by atoms with E-state index in [1.54, 1.807) is 6.07 Å². The molecule has 1 atom stereocenters. The first kappa shape index (κ1) is 28.7. The third-order valence-corrected chi connectivity index (χ3v) is 5.88. The van der Waals surface area contributed by atoms with Crippen LogP contribution in [0.15, 0.2) is 48.5 Å². The van der Waals surface area contributed by atoms with Gasteiger partial charge in [-0.3, -0.25) is 9.78 Å². The number of aliphatic hydroxyl groups is 1. The zero-order valence-electron chi connectivity index (χ0n) is 20.7. The van der Waals surface area contributed by atoms with E-state index in [9.17, 15) is 5.11 Å². The second-order valence-electron chi connectivity index (χ2n) is 8.29. The number of halogens is 1. The van der Waals surface area contributed by atoms with E-state index in [1.165, 1.54) is 6.21 Å². The molecule has 0 fully saturated rings. The average Bonchev–Trinajstić information content (AvgIpc) is 2.91. The van der Waals surface area contributed by atoms with Gasteiger partial charge in [-0.15, -0.1) is 11.6 Å². The highest BCUT2D eigenvalue weighted by molar-refractivity contribution is 6.18. The molecule has 8 nitrogen and oxygen atoms in total. The molecule has 1 unspecified atom stereocenters. The quantitative estimate of drug-likeness (QED) is 0.119. The minimum atomic E-state index is -0.250. The Labute approximate surface area is 217 Å². The first-order valence-electron chi connectivity index (χ1n) is 11.9. The summed E-state index contributed by atoms with van der Waals surface area (Å²) >= 11 is 6.01. The monoisotopic (exact) mass is 511 g/mol. The summed E-state index contributed by atoms with van der Waals surface area (Å²) in [5.74, 6) is 1.44. The number of unbranched alkanes of at least 4 members (excludes halogenated alkanes) is 1. The van der Waals surface area contributed by atoms with Crippen LogP contribution in [0, 0.1) is 11.3 Å². The number of aromatic nitrogens is 2. The van der Waals surface area contributed by atoms with Crippen molar-refractivity contribution in [1.29, 1.82) is 5.41 Å². The maximum Gasteiger partial charge on any atom is 0.290 e. The highest BCUT2D eigenvalue weighted by Gasteiger charge is 2.14. The smallest absolute Gasteiger partial charge is 0.290 e. The SMILES string of the molecule is CCCCc1cccc(-c2cc(NCC(C)CCl)c(C=N)c(Nc3cccc(CO)n3)c2)n1.O=CO. The standard InChI is InChI=1S/C26H32ClN5O.CH2O2/c1-3-4-7-20-8-5-10-23(30-20)19-12-24(29-16-18(2)14-27)22(15-28)25(13-19)32-26-11-6-9-21(17-33)31-26;2-1-3/h5-6,8-13,15,18,28-29,33H,3-4,7,14,16-17H2,1-2H3,(H,31,32);1H,(H,2,3). The van der Waals surface area contributed by atoms with Gasteiger partial charge in [0, 0.05) is 41.1 Å². The van der Waals surface area contributed by atoms with Crippen LogP contribution in [0.4, 0.5) is 17.2 Å². The van der Waals surface area contributed by atoms with Crippen LogP contribution in [0.2, 0.25) is 0 Å². The summed E-state index contributed by atoms with van der Waals surface area (Å²) in [6, 6.07) is 15.6. The van der Waals surface area contributed by atoms with Crippen molar-refractivity contribution in [3.63, 3.8) is 0 Å². The van der Waals surface area contributed by atoms with E-state index in [-0.39, 0.29) is 19.0 Å². The average molecular weight is 512 g/mol. The number of nitrogens with zero attached hydrogens (tertiary/aromatic N) is 2. The fourth-order valence-electron chi connectivity index (χ4n) is 3.46. The second kappa shape index (κ2) is 15.5. The van der Waals surface area contributed by atoms with Crippen molar-refractivity contribution in [2.45, 2.75) is 39.7 Å². The van der Waals surface area contributed by atoms with Gasteiger partial charge in [0.25, 0.3) is 6.47 Å². The van der Waals surface area contributed by atoms with E-state index in [2.05, 4.69) is 35.5 Å². The van der Waals surface area contributed by atoms with Gasteiger partial charge in [0.2, 0.25) is 0 Å². The molecule has 36 heavy (non-hydrogen) atoms. The number of aryl methyl sites for hydroxylation is 1. The molecule has 0 bridgehead atoms. The Hall–Kier alpha value is -3.49. The summed E-state index contributed by atoms with van der Waals surface area (Å²) in [7, 11) is 0. The largest absolute Gasteiger partial charge is 0.483 e.